The molecule has 0 heterocycles. The summed E-state index contributed by atoms with van der Waals surface area (Å²) in [5.74, 6) is 0.125. The second-order valence-corrected chi connectivity index (χ2v) is 2.65. The van der Waals surface area contributed by atoms with Crippen LogP contribution in [0.4, 0.5) is 18.9 Å². The highest BCUT2D eigenvalue weighted by Crippen LogP contribution is 2.38. The van der Waals surface area contributed by atoms with Crippen molar-refractivity contribution in [2.24, 2.45) is 4.36 Å². The summed E-state index contributed by atoms with van der Waals surface area (Å²) < 4.78 is 45.0. The fraction of sp³-hybridized carbons (Fsp3) is 0.250. The van der Waals surface area contributed by atoms with Crippen LogP contribution in [0.1, 0.15) is 5.56 Å². The minimum Gasteiger partial charge on any atom is -0.497 e. The van der Waals surface area contributed by atoms with Gasteiger partial charge < -0.3 is 4.74 Å². The number of benzene rings is 1. The van der Waals surface area contributed by atoms with Crippen LogP contribution in [0.5, 0.6) is 5.75 Å². The van der Waals surface area contributed by atoms with E-state index in [1.165, 1.54) is 19.2 Å². The van der Waals surface area contributed by atoms with Crippen molar-refractivity contribution >= 4 is 18.1 Å². The Hall–Kier alpha value is -1.17. The minimum atomic E-state index is -4.47. The van der Waals surface area contributed by atoms with E-state index in [9.17, 15) is 13.2 Å². The quantitative estimate of drug-likeness (QED) is 0.765. The first-order valence-electron chi connectivity index (χ1n) is 3.57. The normalized spacial score (nSPS) is 11.1. The predicted octanol–water partition coefficient (Wildman–Crippen LogP) is 3.08. The first-order chi connectivity index (χ1) is 6.49. The number of halogens is 3. The van der Waals surface area contributed by atoms with Crippen LogP contribution >= 0.6 is 0 Å². The molecule has 0 fully saturated rings. The van der Waals surface area contributed by atoms with Crippen molar-refractivity contribution in [1.82, 2.24) is 0 Å². The maximum Gasteiger partial charge on any atom is 0.418 e. The van der Waals surface area contributed by atoms with E-state index in [4.69, 9.17) is 0 Å². The molecule has 1 aromatic carbocycles. The summed E-state index contributed by atoms with van der Waals surface area (Å²) in [4.78, 5) is 0. The van der Waals surface area contributed by atoms with Crippen LogP contribution < -0.4 is 4.74 Å². The molecule has 0 aromatic heterocycles. The second-order valence-electron chi connectivity index (χ2n) is 2.47. The van der Waals surface area contributed by atoms with Gasteiger partial charge in [-0.2, -0.15) is 17.5 Å². The molecule has 0 radical (unpaired) electrons. The van der Waals surface area contributed by atoms with Crippen molar-refractivity contribution in [2.45, 2.75) is 6.18 Å². The molecule has 0 atom stereocenters. The molecular formula is C8H6F3NOS. The monoisotopic (exact) mass is 221 g/mol. The molecule has 0 unspecified atom stereocenters. The van der Waals surface area contributed by atoms with Gasteiger partial charge in [0.25, 0.3) is 0 Å². The Morgan fingerprint density at radius 1 is 1.36 bits per heavy atom. The topological polar surface area (TPSA) is 21.6 Å². The van der Waals surface area contributed by atoms with Crippen LogP contribution in [0.25, 0.3) is 0 Å². The summed E-state index contributed by atoms with van der Waals surface area (Å²) in [6.07, 6.45) is -4.47. The first kappa shape index (κ1) is 10.9. The molecule has 0 spiro atoms. The summed E-state index contributed by atoms with van der Waals surface area (Å²) in [6, 6.07) is 3.42. The highest BCUT2D eigenvalue weighted by Gasteiger charge is 2.34. The minimum absolute atomic E-state index is 0.125. The van der Waals surface area contributed by atoms with Crippen molar-refractivity contribution in [1.29, 1.82) is 0 Å². The number of nitrogens with zero attached hydrogens (tertiary/aromatic N) is 1. The van der Waals surface area contributed by atoms with Crippen LogP contribution in [0.3, 0.4) is 0 Å². The maximum atomic E-state index is 12.4. The predicted molar refractivity (Wildman–Crippen MR) is 47.4 cm³/mol. The molecule has 14 heavy (non-hydrogen) atoms. The van der Waals surface area contributed by atoms with Crippen molar-refractivity contribution in [3.63, 3.8) is 0 Å². The summed E-state index contributed by atoms with van der Waals surface area (Å²) in [7, 11) is 1.29. The molecule has 0 aliphatic carbocycles. The number of hydrogen-bond acceptors (Lipinski definition) is 3. The van der Waals surface area contributed by atoms with E-state index in [-0.39, 0.29) is 11.4 Å². The van der Waals surface area contributed by atoms with Crippen LogP contribution in [-0.2, 0) is 18.6 Å². The summed E-state index contributed by atoms with van der Waals surface area (Å²) >= 11 is 4.24. The number of hydrogen-bond donors (Lipinski definition) is 0. The average molecular weight is 221 g/mol. The van der Waals surface area contributed by atoms with Crippen molar-refractivity contribution in [3.8, 4) is 5.75 Å². The summed E-state index contributed by atoms with van der Waals surface area (Å²) in [5, 5.41) is 0. The molecule has 0 saturated heterocycles. The number of alkyl halides is 3. The fourth-order valence-electron chi connectivity index (χ4n) is 0.949. The molecule has 2 nitrogen and oxygen atoms in total. The van der Waals surface area contributed by atoms with Gasteiger partial charge in [0.1, 0.15) is 5.75 Å². The van der Waals surface area contributed by atoms with Gasteiger partial charge in [0, 0.05) is 12.4 Å². The smallest absolute Gasteiger partial charge is 0.418 e. The van der Waals surface area contributed by atoms with Gasteiger partial charge in [0.05, 0.1) is 18.4 Å². The van der Waals surface area contributed by atoms with E-state index >= 15 is 0 Å². The second kappa shape index (κ2) is 3.91. The van der Waals surface area contributed by atoms with Crippen molar-refractivity contribution < 1.29 is 17.9 Å². The molecule has 0 N–H and O–H groups in total. The van der Waals surface area contributed by atoms with Gasteiger partial charge in [0.2, 0.25) is 0 Å². The largest absolute Gasteiger partial charge is 0.497 e. The zero-order valence-electron chi connectivity index (χ0n) is 7.13. The van der Waals surface area contributed by atoms with E-state index < -0.39 is 11.7 Å². The van der Waals surface area contributed by atoms with Crippen molar-refractivity contribution in [3.05, 3.63) is 23.8 Å². The van der Waals surface area contributed by atoms with E-state index in [2.05, 4.69) is 21.5 Å². The highest BCUT2D eigenvalue weighted by molar-refractivity contribution is 7.47. The lowest BCUT2D eigenvalue weighted by molar-refractivity contribution is -0.137. The summed E-state index contributed by atoms with van der Waals surface area (Å²) in [6.45, 7) is 0. The first-order valence-corrected chi connectivity index (χ1v) is 3.94. The lowest BCUT2D eigenvalue weighted by atomic mass is 10.1. The highest BCUT2D eigenvalue weighted by atomic mass is 32.1. The molecule has 0 amide bonds. The van der Waals surface area contributed by atoms with E-state index in [1.807, 2.05) is 0 Å². The van der Waals surface area contributed by atoms with Crippen molar-refractivity contribution in [2.75, 3.05) is 7.11 Å². The molecule has 0 aliphatic rings. The van der Waals surface area contributed by atoms with Crippen LogP contribution in [0.2, 0.25) is 0 Å². The number of methoxy groups -OCH3 is 1. The molecule has 1 aromatic rings. The number of ether oxygens (including phenoxy) is 1. The van der Waals surface area contributed by atoms with Gasteiger partial charge in [-0.05, 0) is 18.2 Å². The average Bonchev–Trinajstić information content (AvgIpc) is 2.15. The molecular weight excluding hydrogens is 215 g/mol. The van der Waals surface area contributed by atoms with E-state index in [0.29, 0.717) is 0 Å². The van der Waals surface area contributed by atoms with Gasteiger partial charge in [-0.15, -0.1) is 0 Å². The Bertz CT molecular complexity index is 351. The SMILES string of the molecule is COc1ccc(N=S)c(C(F)(F)F)c1. The Balaban J connectivity index is 3.29. The summed E-state index contributed by atoms with van der Waals surface area (Å²) in [5.41, 5.74) is -1.15. The molecule has 0 bridgehead atoms. The standard InChI is InChI=1S/C8H6F3NOS/c1-13-5-2-3-7(12-14)6(4-5)8(9,10)11/h2-4H,1H3. The van der Waals surface area contributed by atoms with E-state index in [1.54, 1.807) is 0 Å². The van der Waals surface area contributed by atoms with Crippen LogP contribution in [0, 0.1) is 0 Å². The molecule has 1 rings (SSSR count). The Kier molecular flexibility index (Phi) is 3.05. The lowest BCUT2D eigenvalue weighted by Gasteiger charge is -2.10. The zero-order chi connectivity index (χ0) is 10.8. The third-order valence-electron chi connectivity index (χ3n) is 1.61. The van der Waals surface area contributed by atoms with Gasteiger partial charge >= 0.3 is 6.18 Å². The third-order valence-corrected chi connectivity index (χ3v) is 1.80. The lowest BCUT2D eigenvalue weighted by Crippen LogP contribution is -2.05. The zero-order valence-corrected chi connectivity index (χ0v) is 7.95. The van der Waals surface area contributed by atoms with E-state index in [0.717, 1.165) is 6.07 Å². The number of rotatable bonds is 2. The van der Waals surface area contributed by atoms with Gasteiger partial charge in [0.15, 0.2) is 0 Å². The third kappa shape index (κ3) is 2.20. The molecule has 76 valence electrons. The van der Waals surface area contributed by atoms with Gasteiger partial charge in [-0.3, -0.25) is 0 Å². The molecule has 0 saturated carbocycles. The van der Waals surface area contributed by atoms with Gasteiger partial charge in [-0.25, -0.2) is 0 Å². The Morgan fingerprint density at radius 2 is 2.00 bits per heavy atom. The molecule has 6 heteroatoms. The Labute approximate surface area is 83.9 Å². The Morgan fingerprint density at radius 3 is 2.43 bits per heavy atom. The van der Waals surface area contributed by atoms with Crippen LogP contribution in [0.15, 0.2) is 22.6 Å². The van der Waals surface area contributed by atoms with Gasteiger partial charge in [-0.1, -0.05) is 0 Å². The fourth-order valence-corrected chi connectivity index (χ4v) is 1.11. The molecule has 0 aliphatic heterocycles. The maximum absolute atomic E-state index is 12.4. The van der Waals surface area contributed by atoms with Crippen LogP contribution in [-0.4, -0.2) is 7.11 Å².